The zero-order valence-electron chi connectivity index (χ0n) is 18.9. The predicted molar refractivity (Wildman–Crippen MR) is 138 cm³/mol. The van der Waals surface area contributed by atoms with Crippen molar-refractivity contribution in [2.75, 3.05) is 17.6 Å². The Kier molecular flexibility index (Phi) is 9.15. The van der Waals surface area contributed by atoms with E-state index >= 15 is 0 Å². The lowest BCUT2D eigenvalue weighted by Crippen LogP contribution is -2.26. The average Bonchev–Trinajstić information content (AvgIpc) is 3.18. The van der Waals surface area contributed by atoms with Crippen molar-refractivity contribution in [3.05, 3.63) is 81.6 Å². The monoisotopic (exact) mass is 517 g/mol. The van der Waals surface area contributed by atoms with E-state index in [4.69, 9.17) is 23.2 Å². The number of amides is 2. The van der Waals surface area contributed by atoms with E-state index in [0.29, 0.717) is 46.1 Å². The van der Waals surface area contributed by atoms with E-state index in [1.54, 1.807) is 18.2 Å². The van der Waals surface area contributed by atoms with Gasteiger partial charge in [-0.3, -0.25) is 9.59 Å². The molecule has 0 spiro atoms. The van der Waals surface area contributed by atoms with E-state index in [9.17, 15) is 9.59 Å². The molecular weight excluding hydrogens is 493 g/mol. The summed E-state index contributed by atoms with van der Waals surface area (Å²) in [6.07, 6.45) is 2.20. The van der Waals surface area contributed by atoms with Crippen molar-refractivity contribution >= 4 is 52.5 Å². The smallest absolute Gasteiger partial charge is 0.251 e. The van der Waals surface area contributed by atoms with E-state index in [2.05, 4.69) is 27.4 Å². The van der Waals surface area contributed by atoms with E-state index in [0.717, 1.165) is 16.8 Å². The van der Waals surface area contributed by atoms with Crippen molar-refractivity contribution in [3.8, 4) is 0 Å². The summed E-state index contributed by atoms with van der Waals surface area (Å²) >= 11 is 13.2. The van der Waals surface area contributed by atoms with Crippen LogP contribution < -0.4 is 10.6 Å². The third-order valence-electron chi connectivity index (χ3n) is 4.92. The highest BCUT2D eigenvalue weighted by Gasteiger charge is 2.15. The minimum atomic E-state index is -0.258. The van der Waals surface area contributed by atoms with Crippen LogP contribution in [0.5, 0.6) is 0 Å². The van der Waals surface area contributed by atoms with Gasteiger partial charge in [-0.1, -0.05) is 53.2 Å². The Morgan fingerprint density at radius 1 is 1.12 bits per heavy atom. The Balaban J connectivity index is 1.57. The number of rotatable bonds is 10. The topological polar surface area (TPSA) is 88.9 Å². The maximum Gasteiger partial charge on any atom is 0.251 e. The van der Waals surface area contributed by atoms with Crippen molar-refractivity contribution < 1.29 is 9.59 Å². The maximum atomic E-state index is 12.5. The first-order valence-corrected chi connectivity index (χ1v) is 12.3. The number of hydrogen-bond acceptors (Lipinski definition) is 5. The van der Waals surface area contributed by atoms with Gasteiger partial charge in [0.15, 0.2) is 5.16 Å². The van der Waals surface area contributed by atoms with Gasteiger partial charge in [-0.25, -0.2) is 0 Å². The minimum absolute atomic E-state index is 0.123. The summed E-state index contributed by atoms with van der Waals surface area (Å²) in [5.41, 5.74) is 3.31. The molecule has 0 unspecified atom stereocenters. The van der Waals surface area contributed by atoms with Crippen LogP contribution in [0.2, 0.25) is 10.0 Å². The van der Waals surface area contributed by atoms with Crippen LogP contribution in [0.1, 0.15) is 27.3 Å². The maximum absolute atomic E-state index is 12.5. The van der Waals surface area contributed by atoms with Gasteiger partial charge in [-0.2, -0.15) is 0 Å². The number of carbonyl (C=O) groups is 2. The fourth-order valence-corrected chi connectivity index (χ4v) is 4.20. The molecule has 0 aliphatic carbocycles. The van der Waals surface area contributed by atoms with Crippen molar-refractivity contribution in [3.63, 3.8) is 0 Å². The van der Waals surface area contributed by atoms with Crippen molar-refractivity contribution in [2.45, 2.75) is 32.0 Å². The van der Waals surface area contributed by atoms with Gasteiger partial charge in [0.05, 0.1) is 15.8 Å². The lowest BCUT2D eigenvalue weighted by Gasteiger charge is -2.10. The second-order valence-electron chi connectivity index (χ2n) is 7.59. The molecule has 2 aromatic carbocycles. The van der Waals surface area contributed by atoms with Gasteiger partial charge in [-0.05, 0) is 49.2 Å². The molecule has 2 amide bonds. The highest BCUT2D eigenvalue weighted by Crippen LogP contribution is 2.23. The molecule has 0 bridgehead atoms. The normalized spacial score (nSPS) is 10.7. The SMILES string of the molecule is C=CCn1c(CCNC(=O)c2ccc(Cl)c(Cl)c2)nnc1SCC(=O)Nc1cc(C)ccc1C. The molecule has 2 N–H and O–H groups in total. The number of aromatic nitrogens is 3. The fourth-order valence-electron chi connectivity index (χ4n) is 3.14. The van der Waals surface area contributed by atoms with E-state index in [1.165, 1.54) is 17.8 Å². The molecule has 1 aromatic heterocycles. The van der Waals surface area contributed by atoms with Crippen LogP contribution in [0.3, 0.4) is 0 Å². The van der Waals surface area contributed by atoms with Crippen LogP contribution in [0, 0.1) is 13.8 Å². The quantitative estimate of drug-likeness (QED) is 0.288. The number of halogens is 2. The number of benzene rings is 2. The molecule has 3 rings (SSSR count). The van der Waals surface area contributed by atoms with Crippen molar-refractivity contribution in [2.24, 2.45) is 0 Å². The third-order valence-corrected chi connectivity index (χ3v) is 6.63. The fraction of sp³-hybridized carbons (Fsp3) is 0.250. The summed E-state index contributed by atoms with van der Waals surface area (Å²) in [6, 6.07) is 10.7. The summed E-state index contributed by atoms with van der Waals surface area (Å²) in [7, 11) is 0. The van der Waals surface area contributed by atoms with Gasteiger partial charge in [0.2, 0.25) is 5.91 Å². The molecule has 1 heterocycles. The Morgan fingerprint density at radius 3 is 2.65 bits per heavy atom. The number of anilines is 1. The first kappa shape index (κ1) is 25.8. The standard InChI is InChI=1S/C24H25Cl2N5O2S/c1-4-11-31-21(9-10-27-23(33)17-7-8-18(25)19(26)13-17)29-30-24(31)34-14-22(32)28-20-12-15(2)5-6-16(20)3/h4-8,12-13H,1,9-11,14H2,2-3H3,(H,27,33)(H,28,32). The predicted octanol–water partition coefficient (Wildman–Crippen LogP) is 5.09. The summed E-state index contributed by atoms with van der Waals surface area (Å²) in [5.74, 6) is 0.497. The van der Waals surface area contributed by atoms with Gasteiger partial charge in [-0.15, -0.1) is 16.8 Å². The zero-order valence-corrected chi connectivity index (χ0v) is 21.2. The zero-order chi connectivity index (χ0) is 24.7. The molecule has 178 valence electrons. The van der Waals surface area contributed by atoms with Crippen LogP contribution in [-0.2, 0) is 17.8 Å². The first-order chi connectivity index (χ1) is 16.3. The van der Waals surface area contributed by atoms with Gasteiger partial charge in [0, 0.05) is 30.8 Å². The Labute approximate surface area is 212 Å². The summed E-state index contributed by atoms with van der Waals surface area (Å²) in [4.78, 5) is 24.8. The second kappa shape index (κ2) is 12.1. The van der Waals surface area contributed by atoms with Crippen molar-refractivity contribution in [1.82, 2.24) is 20.1 Å². The third kappa shape index (κ3) is 6.85. The van der Waals surface area contributed by atoms with E-state index in [1.807, 2.05) is 36.6 Å². The molecule has 0 aliphatic rings. The molecule has 10 heteroatoms. The number of nitrogens with one attached hydrogen (secondary N) is 2. The molecular formula is C24H25Cl2N5O2S. The summed E-state index contributed by atoms with van der Waals surface area (Å²) in [5, 5.41) is 15.6. The number of hydrogen-bond donors (Lipinski definition) is 2. The van der Waals surface area contributed by atoms with Crippen LogP contribution in [-0.4, -0.2) is 38.9 Å². The lowest BCUT2D eigenvalue weighted by molar-refractivity contribution is -0.113. The summed E-state index contributed by atoms with van der Waals surface area (Å²) in [6.45, 7) is 8.57. The molecule has 0 atom stereocenters. The van der Waals surface area contributed by atoms with Crippen LogP contribution in [0.25, 0.3) is 0 Å². The van der Waals surface area contributed by atoms with Gasteiger partial charge >= 0.3 is 0 Å². The van der Waals surface area contributed by atoms with E-state index in [-0.39, 0.29) is 17.6 Å². The number of allylic oxidation sites excluding steroid dienone is 1. The number of carbonyl (C=O) groups excluding carboxylic acids is 2. The first-order valence-electron chi connectivity index (χ1n) is 10.5. The van der Waals surface area contributed by atoms with Gasteiger partial charge in [0.1, 0.15) is 5.82 Å². The highest BCUT2D eigenvalue weighted by atomic mass is 35.5. The van der Waals surface area contributed by atoms with Gasteiger partial charge in [0.25, 0.3) is 5.91 Å². The molecule has 7 nitrogen and oxygen atoms in total. The van der Waals surface area contributed by atoms with Crippen LogP contribution >= 0.6 is 35.0 Å². The average molecular weight is 518 g/mol. The van der Waals surface area contributed by atoms with Gasteiger partial charge < -0.3 is 15.2 Å². The molecule has 0 saturated carbocycles. The number of aryl methyl sites for hydroxylation is 2. The number of nitrogens with zero attached hydrogens (tertiary/aromatic N) is 3. The van der Waals surface area contributed by atoms with Crippen molar-refractivity contribution in [1.29, 1.82) is 0 Å². The largest absolute Gasteiger partial charge is 0.352 e. The summed E-state index contributed by atoms with van der Waals surface area (Å²) < 4.78 is 1.88. The number of thioether (sulfide) groups is 1. The Bertz CT molecular complexity index is 1210. The molecule has 3 aromatic rings. The van der Waals surface area contributed by atoms with E-state index < -0.39 is 0 Å². The highest BCUT2D eigenvalue weighted by molar-refractivity contribution is 7.99. The molecule has 0 aliphatic heterocycles. The van der Waals surface area contributed by atoms with Crippen LogP contribution in [0.15, 0.2) is 54.2 Å². The Morgan fingerprint density at radius 2 is 1.91 bits per heavy atom. The molecule has 0 radical (unpaired) electrons. The molecule has 34 heavy (non-hydrogen) atoms. The Hall–Kier alpha value is -2.81. The second-order valence-corrected chi connectivity index (χ2v) is 9.34. The lowest BCUT2D eigenvalue weighted by atomic mass is 10.1. The molecule has 0 saturated heterocycles. The molecule has 0 fully saturated rings. The van der Waals surface area contributed by atoms with Crippen LogP contribution in [0.4, 0.5) is 5.69 Å². The minimum Gasteiger partial charge on any atom is -0.352 e.